The van der Waals surface area contributed by atoms with Gasteiger partial charge in [0, 0.05) is 18.5 Å². The number of ether oxygens (including phenoxy) is 2. The predicted octanol–water partition coefficient (Wildman–Crippen LogP) is 1.35. The molecule has 0 aliphatic carbocycles. The van der Waals surface area contributed by atoms with Crippen LogP contribution in [-0.4, -0.2) is 19.3 Å². The van der Waals surface area contributed by atoms with Gasteiger partial charge in [0.05, 0.1) is 6.61 Å². The monoisotopic (exact) mass is 193 g/mol. The Morgan fingerprint density at radius 2 is 2.43 bits per heavy atom. The lowest BCUT2D eigenvalue weighted by molar-refractivity contribution is 0.241. The number of nitrogens with two attached hydrogens (primary N) is 1. The quantitative estimate of drug-likeness (QED) is 0.788. The van der Waals surface area contributed by atoms with E-state index in [1.165, 1.54) is 5.56 Å². The van der Waals surface area contributed by atoms with Gasteiger partial charge in [-0.05, 0) is 25.1 Å². The van der Waals surface area contributed by atoms with Crippen molar-refractivity contribution in [1.29, 1.82) is 0 Å². The molecule has 1 aromatic rings. The smallest absolute Gasteiger partial charge is 0.123 e. The Bertz CT molecular complexity index is 325. The zero-order valence-electron chi connectivity index (χ0n) is 8.32. The van der Waals surface area contributed by atoms with Crippen molar-refractivity contribution in [3.8, 4) is 11.5 Å². The maximum atomic E-state index is 5.61. The second kappa shape index (κ2) is 3.88. The average Bonchev–Trinajstić information content (AvgIpc) is 2.60. The van der Waals surface area contributed by atoms with Gasteiger partial charge in [0.15, 0.2) is 0 Å². The van der Waals surface area contributed by atoms with E-state index in [4.69, 9.17) is 15.2 Å². The summed E-state index contributed by atoms with van der Waals surface area (Å²) in [5.41, 5.74) is 6.75. The first-order chi connectivity index (χ1) is 6.83. The van der Waals surface area contributed by atoms with E-state index in [0.29, 0.717) is 13.2 Å². The Morgan fingerprint density at radius 1 is 1.57 bits per heavy atom. The molecule has 0 saturated heterocycles. The Morgan fingerprint density at radius 3 is 3.14 bits per heavy atom. The molecule has 0 bridgehead atoms. The maximum absolute atomic E-state index is 5.61. The van der Waals surface area contributed by atoms with E-state index in [1.54, 1.807) is 0 Å². The number of hydrogen-bond acceptors (Lipinski definition) is 3. The van der Waals surface area contributed by atoms with E-state index < -0.39 is 0 Å². The van der Waals surface area contributed by atoms with Gasteiger partial charge in [-0.25, -0.2) is 0 Å². The van der Waals surface area contributed by atoms with Gasteiger partial charge in [0.2, 0.25) is 0 Å². The summed E-state index contributed by atoms with van der Waals surface area (Å²) in [5.74, 6) is 1.86. The van der Waals surface area contributed by atoms with E-state index in [9.17, 15) is 0 Å². The summed E-state index contributed by atoms with van der Waals surface area (Å²) in [6, 6.07) is 5.92. The topological polar surface area (TPSA) is 44.5 Å². The molecule has 14 heavy (non-hydrogen) atoms. The number of benzene rings is 1. The minimum atomic E-state index is 0.141. The van der Waals surface area contributed by atoms with Gasteiger partial charge >= 0.3 is 0 Å². The average molecular weight is 193 g/mol. The van der Waals surface area contributed by atoms with E-state index >= 15 is 0 Å². The van der Waals surface area contributed by atoms with Crippen LogP contribution >= 0.6 is 0 Å². The van der Waals surface area contributed by atoms with Gasteiger partial charge in [-0.1, -0.05) is 0 Å². The van der Waals surface area contributed by atoms with Crippen LogP contribution in [0.5, 0.6) is 11.5 Å². The molecule has 3 heteroatoms. The molecule has 1 aromatic carbocycles. The molecule has 0 aromatic heterocycles. The van der Waals surface area contributed by atoms with Crippen LogP contribution in [0.25, 0.3) is 0 Å². The van der Waals surface area contributed by atoms with Crippen molar-refractivity contribution in [2.24, 2.45) is 5.73 Å². The van der Waals surface area contributed by atoms with Crippen molar-refractivity contribution in [2.45, 2.75) is 19.4 Å². The fraction of sp³-hybridized carbons (Fsp3) is 0.455. The molecule has 1 aliphatic rings. The molecule has 1 heterocycles. The highest BCUT2D eigenvalue weighted by molar-refractivity contribution is 5.43. The Labute approximate surface area is 83.8 Å². The third-order valence-electron chi connectivity index (χ3n) is 2.35. The van der Waals surface area contributed by atoms with Gasteiger partial charge in [0.1, 0.15) is 17.6 Å². The van der Waals surface area contributed by atoms with Gasteiger partial charge in [-0.3, -0.25) is 0 Å². The molecule has 0 fully saturated rings. The van der Waals surface area contributed by atoms with Crippen LogP contribution in [-0.2, 0) is 6.42 Å². The maximum Gasteiger partial charge on any atom is 0.123 e. The van der Waals surface area contributed by atoms with Crippen LogP contribution < -0.4 is 15.2 Å². The minimum Gasteiger partial charge on any atom is -0.494 e. The van der Waals surface area contributed by atoms with Crippen molar-refractivity contribution in [1.82, 2.24) is 0 Å². The summed E-state index contributed by atoms with van der Waals surface area (Å²) in [6.45, 7) is 3.24. The van der Waals surface area contributed by atoms with Crippen molar-refractivity contribution in [3.63, 3.8) is 0 Å². The molecular weight excluding hydrogens is 178 g/mol. The van der Waals surface area contributed by atoms with Crippen LogP contribution in [0.4, 0.5) is 0 Å². The standard InChI is InChI=1S/C11H15NO2/c1-2-13-9-3-4-11-8(5-9)6-10(7-12)14-11/h3-5,10H,2,6-7,12H2,1H3/t10-/m1/s1. The van der Waals surface area contributed by atoms with Crippen LogP contribution in [0.15, 0.2) is 18.2 Å². The van der Waals surface area contributed by atoms with E-state index in [0.717, 1.165) is 17.9 Å². The number of hydrogen-bond donors (Lipinski definition) is 1. The summed E-state index contributed by atoms with van der Waals surface area (Å²) in [5, 5.41) is 0. The Balaban J connectivity index is 2.17. The molecule has 0 unspecified atom stereocenters. The highest BCUT2D eigenvalue weighted by Crippen LogP contribution is 2.31. The van der Waals surface area contributed by atoms with Crippen molar-refractivity contribution in [2.75, 3.05) is 13.2 Å². The molecule has 0 amide bonds. The zero-order chi connectivity index (χ0) is 9.97. The molecule has 1 aliphatic heterocycles. The largest absolute Gasteiger partial charge is 0.494 e. The van der Waals surface area contributed by atoms with Crippen LogP contribution in [0.2, 0.25) is 0 Å². The zero-order valence-corrected chi connectivity index (χ0v) is 8.32. The summed E-state index contributed by atoms with van der Waals surface area (Å²) in [7, 11) is 0. The number of rotatable bonds is 3. The summed E-state index contributed by atoms with van der Waals surface area (Å²) in [4.78, 5) is 0. The summed E-state index contributed by atoms with van der Waals surface area (Å²) >= 11 is 0. The molecular formula is C11H15NO2. The fourth-order valence-electron chi connectivity index (χ4n) is 1.68. The van der Waals surface area contributed by atoms with Gasteiger partial charge in [0.25, 0.3) is 0 Å². The fourth-order valence-corrected chi connectivity index (χ4v) is 1.68. The summed E-state index contributed by atoms with van der Waals surface area (Å²) < 4.78 is 11.0. The molecule has 76 valence electrons. The van der Waals surface area contributed by atoms with Crippen molar-refractivity contribution in [3.05, 3.63) is 23.8 Å². The van der Waals surface area contributed by atoms with E-state index in [1.807, 2.05) is 25.1 Å². The second-order valence-electron chi connectivity index (χ2n) is 3.38. The van der Waals surface area contributed by atoms with Crippen LogP contribution in [0.3, 0.4) is 0 Å². The highest BCUT2D eigenvalue weighted by Gasteiger charge is 2.21. The second-order valence-corrected chi connectivity index (χ2v) is 3.38. The first-order valence-corrected chi connectivity index (χ1v) is 4.96. The van der Waals surface area contributed by atoms with E-state index in [-0.39, 0.29) is 6.10 Å². The van der Waals surface area contributed by atoms with Gasteiger partial charge in [-0.2, -0.15) is 0 Å². The molecule has 0 radical (unpaired) electrons. The third-order valence-corrected chi connectivity index (χ3v) is 2.35. The lowest BCUT2D eigenvalue weighted by Crippen LogP contribution is -2.24. The lowest BCUT2D eigenvalue weighted by atomic mass is 10.1. The molecule has 0 spiro atoms. The predicted molar refractivity (Wildman–Crippen MR) is 54.8 cm³/mol. The van der Waals surface area contributed by atoms with Gasteiger partial charge in [-0.15, -0.1) is 0 Å². The molecule has 2 N–H and O–H groups in total. The highest BCUT2D eigenvalue weighted by atomic mass is 16.5. The normalized spacial score (nSPS) is 18.9. The Kier molecular flexibility index (Phi) is 2.59. The number of fused-ring (bicyclic) bond motifs is 1. The van der Waals surface area contributed by atoms with Gasteiger partial charge < -0.3 is 15.2 Å². The minimum absolute atomic E-state index is 0.141. The van der Waals surface area contributed by atoms with Crippen molar-refractivity contribution < 1.29 is 9.47 Å². The molecule has 1 atom stereocenters. The third kappa shape index (κ3) is 1.68. The first-order valence-electron chi connectivity index (χ1n) is 4.96. The molecule has 0 saturated carbocycles. The summed E-state index contributed by atoms with van der Waals surface area (Å²) in [6.07, 6.45) is 1.04. The molecule has 2 rings (SSSR count). The van der Waals surface area contributed by atoms with E-state index in [2.05, 4.69) is 0 Å². The van der Waals surface area contributed by atoms with Crippen LogP contribution in [0, 0.1) is 0 Å². The Hall–Kier alpha value is -1.22. The first kappa shape index (κ1) is 9.34. The SMILES string of the molecule is CCOc1ccc2c(c1)C[C@H](CN)O2. The van der Waals surface area contributed by atoms with Crippen LogP contribution in [0.1, 0.15) is 12.5 Å². The molecule has 3 nitrogen and oxygen atoms in total. The lowest BCUT2D eigenvalue weighted by Gasteiger charge is -2.06. The van der Waals surface area contributed by atoms with Crippen molar-refractivity contribution >= 4 is 0 Å².